The molecule has 0 saturated heterocycles. The fourth-order valence-corrected chi connectivity index (χ4v) is 2.54. The Morgan fingerprint density at radius 2 is 1.11 bits per heavy atom. The van der Waals surface area contributed by atoms with Gasteiger partial charge in [-0.15, -0.1) is 0 Å². The lowest BCUT2D eigenvalue weighted by atomic mass is 10.0. The molecule has 0 heterocycles. The fraction of sp³-hybridized carbons (Fsp3) is 0.889. The summed E-state index contributed by atoms with van der Waals surface area (Å²) in [5.41, 5.74) is 2.29. The van der Waals surface area contributed by atoms with Crippen molar-refractivity contribution in [3.8, 4) is 0 Å². The zero-order valence-corrected chi connectivity index (χ0v) is 13.3. The van der Waals surface area contributed by atoms with Crippen molar-refractivity contribution in [2.24, 2.45) is 5.73 Å². The van der Waals surface area contributed by atoms with Gasteiger partial charge in [-0.2, -0.15) is 0 Å². The molecular weight excluding hydrogens is 230 g/mol. The number of unbranched alkanes of at least 4 members (excludes halogenated alkanes) is 14. The van der Waals surface area contributed by atoms with Crippen molar-refractivity contribution in [3.63, 3.8) is 0 Å². The van der Waals surface area contributed by atoms with Crippen molar-refractivity contribution in [2.75, 3.05) is 0 Å². The molecule has 0 amide bonds. The minimum Gasteiger partial charge on any atom is -0.405 e. The smallest absolute Gasteiger partial charge is 0.156 e. The summed E-state index contributed by atoms with van der Waals surface area (Å²) in [5, 5.41) is 0. The lowest BCUT2D eigenvalue weighted by molar-refractivity contribution is 0.536. The third-order valence-electron chi connectivity index (χ3n) is 3.84. The number of nitrogens with two attached hydrogens (primary N) is 1. The molecule has 0 aromatic rings. The normalized spacial score (nSPS) is 11.9. The molecule has 2 N–H and O–H groups in total. The van der Waals surface area contributed by atoms with Gasteiger partial charge in [0.15, 0.2) is 1.41 Å². The Morgan fingerprint density at radius 1 is 0.684 bits per heavy atom. The van der Waals surface area contributed by atoms with Crippen molar-refractivity contribution < 1.29 is 1.41 Å². The van der Waals surface area contributed by atoms with Crippen molar-refractivity contribution >= 4 is 0 Å². The van der Waals surface area contributed by atoms with Gasteiger partial charge in [0.05, 0.1) is 0 Å². The van der Waals surface area contributed by atoms with E-state index in [0.29, 0.717) is 0 Å². The molecule has 0 bridgehead atoms. The molecule has 0 saturated carbocycles. The first kappa shape index (κ1) is 16.6. The van der Waals surface area contributed by atoms with Crippen LogP contribution in [0, 0.1) is 0 Å². The quantitative estimate of drug-likeness (QED) is 0.325. The maximum Gasteiger partial charge on any atom is 0.156 e. The van der Waals surface area contributed by atoms with Gasteiger partial charge in [-0.3, -0.25) is 0 Å². The lowest BCUT2D eigenvalue weighted by Crippen LogP contribution is -1.83. The molecule has 0 aliphatic carbocycles. The van der Waals surface area contributed by atoms with E-state index in [1.165, 1.54) is 89.9 Å². The Balaban J connectivity index is 2.94. The predicted molar refractivity (Wildman–Crippen MR) is 88.3 cm³/mol. The molecule has 0 fully saturated rings. The summed E-state index contributed by atoms with van der Waals surface area (Å²) in [4.78, 5) is 0. The summed E-state index contributed by atoms with van der Waals surface area (Å²) in [5.74, 6) is 0. The van der Waals surface area contributed by atoms with E-state index < -0.39 is 0 Å². The lowest BCUT2D eigenvalue weighted by Gasteiger charge is -2.02. The highest BCUT2D eigenvalue weighted by molar-refractivity contribution is 4.74. The van der Waals surface area contributed by atoms with Crippen molar-refractivity contribution in [1.82, 2.24) is 0 Å². The minimum atomic E-state index is 1.11. The maximum absolute atomic E-state index is 6.75. The second kappa shape index (κ2) is 17.5. The van der Waals surface area contributed by atoms with Crippen LogP contribution in [0.5, 0.6) is 0 Å². The highest BCUT2D eigenvalue weighted by atomic mass is 14.5. The van der Waals surface area contributed by atoms with E-state index >= 15 is 0 Å². The standard InChI is InChI=1S/C18H37N/c1-2-3-4-5-6-7-8-9-10-11-12-13-14-15-16-17-18-19/h17-18H,2-16,19H2,1H3/i/hD. The zero-order chi connectivity index (χ0) is 14.7. The monoisotopic (exact) mass is 268 g/mol. The molecule has 1 heteroatoms. The van der Waals surface area contributed by atoms with Gasteiger partial charge >= 0.3 is 0 Å². The van der Waals surface area contributed by atoms with Crippen LogP contribution in [0.3, 0.4) is 0 Å². The van der Waals surface area contributed by atoms with Gasteiger partial charge in [-0.25, -0.2) is 0 Å². The van der Waals surface area contributed by atoms with Gasteiger partial charge in [0.25, 0.3) is 0 Å². The van der Waals surface area contributed by atoms with Gasteiger partial charge in [0.2, 0.25) is 0 Å². The van der Waals surface area contributed by atoms with Crippen LogP contribution in [-0.2, 0) is 0 Å². The summed E-state index contributed by atoms with van der Waals surface area (Å²) < 4.78 is 6.75. The molecule has 0 aliphatic rings. The van der Waals surface area contributed by atoms with Crippen LogP contribution in [0.4, 0.5) is 0 Å². The molecule has 0 aromatic carbocycles. The van der Waals surface area contributed by atoms with E-state index in [1.807, 2.05) is 6.08 Å². The molecule has 0 spiro atoms. The van der Waals surface area contributed by atoms with Crippen LogP contribution in [0.2, 0.25) is 1.41 Å². The average Bonchev–Trinajstić information content (AvgIpc) is 2.47. The molecule has 0 atom stereocenters. The van der Waals surface area contributed by atoms with Gasteiger partial charge in [-0.05, 0) is 19.0 Å². The van der Waals surface area contributed by atoms with E-state index in [0.717, 1.165) is 6.42 Å². The van der Waals surface area contributed by atoms with Crippen LogP contribution in [-0.4, -0.2) is 0 Å². The summed E-state index contributed by atoms with van der Waals surface area (Å²) >= 11 is 0. The number of hydrogen-bond acceptors (Lipinski definition) is 1. The third-order valence-corrected chi connectivity index (χ3v) is 3.84. The van der Waals surface area contributed by atoms with Crippen molar-refractivity contribution in [1.29, 1.82) is 0 Å². The van der Waals surface area contributed by atoms with E-state index in [4.69, 9.17) is 1.41 Å². The molecule has 19 heavy (non-hydrogen) atoms. The maximum atomic E-state index is 6.75. The summed E-state index contributed by atoms with van der Waals surface area (Å²) in [6, 6.07) is 0. The Bertz CT molecular complexity index is 192. The molecule has 0 aliphatic heterocycles. The average molecular weight is 269 g/mol. The van der Waals surface area contributed by atoms with Gasteiger partial charge in [-0.1, -0.05) is 96.5 Å². The van der Waals surface area contributed by atoms with Crippen LogP contribution in [0.15, 0.2) is 12.3 Å². The first-order valence-electron chi connectivity index (χ1n) is 9.24. The van der Waals surface area contributed by atoms with E-state index in [-0.39, 0.29) is 0 Å². The Labute approximate surface area is 123 Å². The topological polar surface area (TPSA) is 26.0 Å². The Morgan fingerprint density at radius 3 is 1.53 bits per heavy atom. The van der Waals surface area contributed by atoms with Crippen molar-refractivity contribution in [2.45, 2.75) is 103 Å². The summed E-state index contributed by atoms with van der Waals surface area (Å²) in [6.07, 6.45) is 24.7. The summed E-state index contributed by atoms with van der Waals surface area (Å²) in [6.45, 7) is 2.28. The number of rotatable bonds is 16. The fourth-order valence-electron chi connectivity index (χ4n) is 2.54. The SMILES string of the molecule is [2H]NC=CCCCCCCCCCCCCCCCC. The van der Waals surface area contributed by atoms with Gasteiger partial charge < -0.3 is 5.73 Å². The van der Waals surface area contributed by atoms with Crippen molar-refractivity contribution in [3.05, 3.63) is 12.3 Å². The summed E-state index contributed by atoms with van der Waals surface area (Å²) in [7, 11) is 0. The first-order chi connectivity index (χ1) is 9.91. The Hall–Kier alpha value is -0.460. The van der Waals surface area contributed by atoms with Gasteiger partial charge in [0, 0.05) is 0 Å². The molecule has 114 valence electrons. The molecule has 0 rings (SSSR count). The van der Waals surface area contributed by atoms with Crippen LogP contribution >= 0.6 is 0 Å². The van der Waals surface area contributed by atoms with Gasteiger partial charge in [0.1, 0.15) is 0 Å². The third kappa shape index (κ3) is 17.5. The van der Waals surface area contributed by atoms with E-state index in [1.54, 1.807) is 6.20 Å². The molecule has 0 radical (unpaired) electrons. The zero-order valence-electron chi connectivity index (χ0n) is 14.3. The molecule has 0 unspecified atom stereocenters. The molecular formula is C18H37N. The molecule has 1 nitrogen and oxygen atoms in total. The minimum absolute atomic E-state index is 1.11. The number of allylic oxidation sites excluding steroid dienone is 1. The first-order valence-corrected chi connectivity index (χ1v) is 8.74. The second-order valence-corrected chi connectivity index (χ2v) is 5.79. The largest absolute Gasteiger partial charge is 0.405 e. The van der Waals surface area contributed by atoms with Crippen LogP contribution < -0.4 is 5.73 Å². The van der Waals surface area contributed by atoms with E-state index in [2.05, 4.69) is 12.7 Å². The Kier molecular flexibility index (Phi) is 15.3. The number of hydrogen-bond donors (Lipinski definition) is 1. The predicted octanol–water partition coefficient (Wildman–Crippen LogP) is 6.33. The highest BCUT2D eigenvalue weighted by Gasteiger charge is 1.93. The molecule has 0 aromatic heterocycles. The van der Waals surface area contributed by atoms with E-state index in [9.17, 15) is 0 Å². The van der Waals surface area contributed by atoms with Crippen LogP contribution in [0.25, 0.3) is 0 Å². The van der Waals surface area contributed by atoms with Crippen LogP contribution in [0.1, 0.15) is 103 Å². The second-order valence-electron chi connectivity index (χ2n) is 5.79. The highest BCUT2D eigenvalue weighted by Crippen LogP contribution is 2.13.